The summed E-state index contributed by atoms with van der Waals surface area (Å²) in [5.41, 5.74) is 2.47. The molecular formula is C15H11BrClN3O4. The first-order valence-electron chi connectivity index (χ1n) is 6.60. The van der Waals surface area contributed by atoms with E-state index < -0.39 is 10.8 Å². The number of hydrazone groups is 1. The van der Waals surface area contributed by atoms with Crippen molar-refractivity contribution in [1.29, 1.82) is 0 Å². The first-order chi connectivity index (χ1) is 11.5. The lowest BCUT2D eigenvalue weighted by Crippen LogP contribution is -2.24. The van der Waals surface area contributed by atoms with Gasteiger partial charge in [0.1, 0.15) is 10.8 Å². The van der Waals surface area contributed by atoms with Crippen molar-refractivity contribution in [3.63, 3.8) is 0 Å². The fourth-order valence-corrected chi connectivity index (χ4v) is 2.09. The van der Waals surface area contributed by atoms with Crippen molar-refractivity contribution in [3.8, 4) is 5.75 Å². The van der Waals surface area contributed by atoms with Crippen molar-refractivity contribution in [2.45, 2.75) is 0 Å². The molecule has 0 heterocycles. The Hall–Kier alpha value is -2.45. The summed E-state index contributed by atoms with van der Waals surface area (Å²) in [4.78, 5) is 21.8. The molecule has 2 aromatic carbocycles. The summed E-state index contributed by atoms with van der Waals surface area (Å²) in [7, 11) is 0. The molecule has 0 saturated carbocycles. The standard InChI is InChI=1S/C15H11BrClN3O4/c16-11-2-4-12(5-3-11)24-9-15(21)19-18-8-10-1-6-13(17)14(7-10)20(22)23/h1-8H,9H2,(H,19,21)/b18-8+. The topological polar surface area (TPSA) is 93.8 Å². The van der Waals surface area contributed by atoms with Crippen molar-refractivity contribution in [2.75, 3.05) is 6.61 Å². The van der Waals surface area contributed by atoms with Gasteiger partial charge in [0.25, 0.3) is 11.6 Å². The van der Waals surface area contributed by atoms with Crippen LogP contribution in [-0.4, -0.2) is 23.7 Å². The number of amides is 1. The molecule has 0 atom stereocenters. The van der Waals surface area contributed by atoms with Crippen LogP contribution >= 0.6 is 27.5 Å². The molecule has 2 aromatic rings. The number of carbonyl (C=O) groups is 1. The van der Waals surface area contributed by atoms with E-state index in [0.717, 1.165) is 4.47 Å². The number of nitro benzene ring substituents is 1. The van der Waals surface area contributed by atoms with Gasteiger partial charge in [0, 0.05) is 16.1 Å². The zero-order valence-corrected chi connectivity index (χ0v) is 14.5. The minimum atomic E-state index is -0.593. The number of hydrogen-bond donors (Lipinski definition) is 1. The van der Waals surface area contributed by atoms with Crippen LogP contribution in [0.4, 0.5) is 5.69 Å². The number of nitrogens with zero attached hydrogens (tertiary/aromatic N) is 2. The second-order valence-electron chi connectivity index (χ2n) is 4.50. The van der Waals surface area contributed by atoms with Crippen LogP contribution in [0.25, 0.3) is 0 Å². The molecule has 0 radical (unpaired) electrons. The second-order valence-corrected chi connectivity index (χ2v) is 5.83. The van der Waals surface area contributed by atoms with Crippen LogP contribution in [0.1, 0.15) is 5.56 Å². The summed E-state index contributed by atoms with van der Waals surface area (Å²) in [5, 5.41) is 14.5. The van der Waals surface area contributed by atoms with Gasteiger partial charge in [0.05, 0.1) is 11.1 Å². The zero-order valence-electron chi connectivity index (χ0n) is 12.1. The summed E-state index contributed by atoms with van der Waals surface area (Å²) in [6.07, 6.45) is 1.28. The Bertz CT molecular complexity index is 781. The van der Waals surface area contributed by atoms with E-state index in [9.17, 15) is 14.9 Å². The van der Waals surface area contributed by atoms with Crippen molar-refractivity contribution in [3.05, 3.63) is 67.6 Å². The quantitative estimate of drug-likeness (QED) is 0.446. The highest BCUT2D eigenvalue weighted by Gasteiger charge is 2.11. The summed E-state index contributed by atoms with van der Waals surface area (Å²) >= 11 is 9.01. The first kappa shape index (κ1) is 17.9. The maximum atomic E-state index is 11.6. The number of benzene rings is 2. The highest BCUT2D eigenvalue weighted by Crippen LogP contribution is 2.24. The Labute approximate surface area is 150 Å². The molecule has 9 heteroatoms. The number of halogens is 2. The molecule has 0 bridgehead atoms. The van der Waals surface area contributed by atoms with Gasteiger partial charge in [-0.15, -0.1) is 0 Å². The zero-order chi connectivity index (χ0) is 17.5. The van der Waals surface area contributed by atoms with Crippen molar-refractivity contribution in [2.24, 2.45) is 5.10 Å². The van der Waals surface area contributed by atoms with Gasteiger partial charge in [0.15, 0.2) is 6.61 Å². The molecular weight excluding hydrogens is 402 g/mol. The minimum absolute atomic E-state index is 0.0316. The molecule has 1 amide bonds. The van der Waals surface area contributed by atoms with Crippen LogP contribution in [0.2, 0.25) is 5.02 Å². The Morgan fingerprint density at radius 3 is 2.71 bits per heavy atom. The predicted octanol–water partition coefficient (Wildman–Crippen LogP) is 3.54. The highest BCUT2D eigenvalue weighted by atomic mass is 79.9. The molecule has 0 saturated heterocycles. The number of hydrogen-bond acceptors (Lipinski definition) is 5. The summed E-state index contributed by atoms with van der Waals surface area (Å²) in [6.45, 7) is -0.209. The third-order valence-corrected chi connectivity index (χ3v) is 3.60. The smallest absolute Gasteiger partial charge is 0.288 e. The third-order valence-electron chi connectivity index (χ3n) is 2.75. The number of nitrogens with one attached hydrogen (secondary N) is 1. The van der Waals surface area contributed by atoms with E-state index in [1.54, 1.807) is 30.3 Å². The first-order valence-corrected chi connectivity index (χ1v) is 7.77. The molecule has 7 nitrogen and oxygen atoms in total. The average molecular weight is 413 g/mol. The van der Waals surface area contributed by atoms with Gasteiger partial charge < -0.3 is 4.74 Å². The molecule has 0 aliphatic rings. The van der Waals surface area contributed by atoms with Crippen molar-refractivity contribution >= 4 is 45.3 Å². The maximum Gasteiger partial charge on any atom is 0.288 e. The highest BCUT2D eigenvalue weighted by molar-refractivity contribution is 9.10. The maximum absolute atomic E-state index is 11.6. The van der Waals surface area contributed by atoms with Crippen LogP contribution in [-0.2, 0) is 4.79 Å². The third kappa shape index (κ3) is 5.32. The Morgan fingerprint density at radius 1 is 1.33 bits per heavy atom. The van der Waals surface area contributed by atoms with Crippen LogP contribution < -0.4 is 10.2 Å². The van der Waals surface area contributed by atoms with Gasteiger partial charge in [-0.2, -0.15) is 5.10 Å². The Balaban J connectivity index is 1.87. The van der Waals surface area contributed by atoms with E-state index in [1.165, 1.54) is 18.3 Å². The summed E-state index contributed by atoms with van der Waals surface area (Å²) < 4.78 is 6.18. The van der Waals surface area contributed by atoms with E-state index in [0.29, 0.717) is 11.3 Å². The largest absolute Gasteiger partial charge is 0.484 e. The average Bonchev–Trinajstić information content (AvgIpc) is 2.55. The number of ether oxygens (including phenoxy) is 1. The van der Waals surface area contributed by atoms with Crippen LogP contribution in [0.5, 0.6) is 5.75 Å². The normalized spacial score (nSPS) is 10.6. The monoisotopic (exact) mass is 411 g/mol. The van der Waals surface area contributed by atoms with Gasteiger partial charge in [-0.1, -0.05) is 33.6 Å². The van der Waals surface area contributed by atoms with E-state index in [-0.39, 0.29) is 17.3 Å². The van der Waals surface area contributed by atoms with Gasteiger partial charge in [0.2, 0.25) is 0 Å². The molecule has 24 heavy (non-hydrogen) atoms. The van der Waals surface area contributed by atoms with E-state index in [4.69, 9.17) is 16.3 Å². The number of nitro groups is 1. The minimum Gasteiger partial charge on any atom is -0.484 e. The molecule has 0 fully saturated rings. The van der Waals surface area contributed by atoms with Crippen LogP contribution in [0.3, 0.4) is 0 Å². The van der Waals surface area contributed by atoms with Gasteiger partial charge in [-0.25, -0.2) is 5.43 Å². The van der Waals surface area contributed by atoms with E-state index >= 15 is 0 Å². The molecule has 0 aliphatic carbocycles. The lowest BCUT2D eigenvalue weighted by molar-refractivity contribution is -0.384. The van der Waals surface area contributed by atoms with E-state index in [2.05, 4.69) is 26.5 Å². The second kappa shape index (κ2) is 8.42. The fraction of sp³-hybridized carbons (Fsp3) is 0.0667. The molecule has 0 aromatic heterocycles. The van der Waals surface area contributed by atoms with Gasteiger partial charge in [-0.05, 0) is 30.3 Å². The molecule has 2 rings (SSSR count). The Kier molecular flexibility index (Phi) is 6.28. The summed E-state index contributed by atoms with van der Waals surface area (Å²) in [6, 6.07) is 11.2. The molecule has 0 spiro atoms. The summed E-state index contributed by atoms with van der Waals surface area (Å²) in [5.74, 6) is 0.0864. The Morgan fingerprint density at radius 2 is 2.04 bits per heavy atom. The predicted molar refractivity (Wildman–Crippen MR) is 93.5 cm³/mol. The SMILES string of the molecule is O=C(COc1ccc(Br)cc1)N/N=C/c1ccc(Cl)c([N+](=O)[O-])c1. The lowest BCUT2D eigenvalue weighted by atomic mass is 10.2. The fourth-order valence-electron chi connectivity index (χ4n) is 1.64. The van der Waals surface area contributed by atoms with Gasteiger partial charge >= 0.3 is 0 Å². The molecule has 124 valence electrons. The van der Waals surface area contributed by atoms with Crippen LogP contribution in [0, 0.1) is 10.1 Å². The van der Waals surface area contributed by atoms with Gasteiger partial charge in [-0.3, -0.25) is 14.9 Å². The van der Waals surface area contributed by atoms with Crippen molar-refractivity contribution in [1.82, 2.24) is 5.43 Å². The molecule has 0 aliphatic heterocycles. The number of carbonyl (C=O) groups excluding carboxylic acids is 1. The lowest BCUT2D eigenvalue weighted by Gasteiger charge is -2.04. The van der Waals surface area contributed by atoms with Crippen molar-refractivity contribution < 1.29 is 14.5 Å². The molecule has 1 N–H and O–H groups in total. The number of rotatable bonds is 6. The molecule has 0 unspecified atom stereocenters. The van der Waals surface area contributed by atoms with Crippen LogP contribution in [0.15, 0.2) is 52.0 Å². The van der Waals surface area contributed by atoms with E-state index in [1.807, 2.05) is 0 Å².